The third kappa shape index (κ3) is 14.5. The summed E-state index contributed by atoms with van der Waals surface area (Å²) in [7, 11) is -3.69. The lowest BCUT2D eigenvalue weighted by atomic mass is 10.5. The summed E-state index contributed by atoms with van der Waals surface area (Å²) in [6.45, 7) is 4.44. The summed E-state index contributed by atoms with van der Waals surface area (Å²) in [5, 5.41) is 7.99. The van der Waals surface area contributed by atoms with E-state index in [9.17, 15) is 4.57 Å². The standard InChI is InChI=1S/C4H11O4P.C3H9NO/c1-3-7-9(5,6)8-4-2;4-2-1-3-5/h3-4H2,1-2H3,(H,5,6);5H,1-4H2. The highest BCUT2D eigenvalue weighted by atomic mass is 31.2. The third-order valence-corrected chi connectivity index (χ3v) is 2.12. The summed E-state index contributed by atoms with van der Waals surface area (Å²) in [5.41, 5.74) is 4.98. The Kier molecular flexibility index (Phi) is 13.1. The van der Waals surface area contributed by atoms with E-state index >= 15 is 0 Å². The van der Waals surface area contributed by atoms with Gasteiger partial charge in [0, 0.05) is 6.61 Å². The lowest BCUT2D eigenvalue weighted by molar-refractivity contribution is 0.161. The maximum Gasteiger partial charge on any atom is 0.472 e. The number of aliphatic hydroxyl groups excluding tert-OH is 1. The molecule has 0 aliphatic carbocycles. The van der Waals surface area contributed by atoms with Crippen LogP contribution >= 0.6 is 7.82 Å². The Morgan fingerprint density at radius 2 is 1.71 bits per heavy atom. The number of nitrogens with two attached hydrogens (primary N) is 1. The van der Waals surface area contributed by atoms with Crippen LogP contribution in [0.15, 0.2) is 0 Å². The fraction of sp³-hybridized carbons (Fsp3) is 1.00. The molecular formula is C7H20NO5P. The van der Waals surface area contributed by atoms with Gasteiger partial charge in [-0.25, -0.2) is 4.57 Å². The van der Waals surface area contributed by atoms with Crippen molar-refractivity contribution in [2.75, 3.05) is 26.4 Å². The van der Waals surface area contributed by atoms with Crippen molar-refractivity contribution in [2.24, 2.45) is 5.73 Å². The molecule has 14 heavy (non-hydrogen) atoms. The molecule has 0 spiro atoms. The van der Waals surface area contributed by atoms with E-state index in [2.05, 4.69) is 9.05 Å². The fourth-order valence-corrected chi connectivity index (χ4v) is 1.18. The van der Waals surface area contributed by atoms with Gasteiger partial charge in [-0.05, 0) is 26.8 Å². The Morgan fingerprint density at radius 3 is 1.86 bits per heavy atom. The van der Waals surface area contributed by atoms with Crippen molar-refractivity contribution in [3.63, 3.8) is 0 Å². The second-order valence-electron chi connectivity index (χ2n) is 2.17. The monoisotopic (exact) mass is 229 g/mol. The molecule has 88 valence electrons. The molecule has 7 heteroatoms. The molecule has 6 nitrogen and oxygen atoms in total. The summed E-state index contributed by atoms with van der Waals surface area (Å²) >= 11 is 0. The van der Waals surface area contributed by atoms with Gasteiger partial charge < -0.3 is 15.7 Å². The van der Waals surface area contributed by atoms with Gasteiger partial charge in [0.2, 0.25) is 0 Å². The molecule has 0 unspecified atom stereocenters. The molecule has 0 amide bonds. The van der Waals surface area contributed by atoms with Crippen LogP contribution in [0.5, 0.6) is 0 Å². The quantitative estimate of drug-likeness (QED) is 0.573. The molecular weight excluding hydrogens is 209 g/mol. The van der Waals surface area contributed by atoms with Crippen LogP contribution in [0.3, 0.4) is 0 Å². The van der Waals surface area contributed by atoms with Crippen molar-refractivity contribution in [2.45, 2.75) is 20.3 Å². The normalized spacial score (nSPS) is 10.6. The molecule has 0 aliphatic rings. The molecule has 0 aromatic rings. The van der Waals surface area contributed by atoms with Crippen molar-refractivity contribution in [1.82, 2.24) is 0 Å². The van der Waals surface area contributed by atoms with Gasteiger partial charge in [-0.3, -0.25) is 9.05 Å². The molecule has 0 aromatic carbocycles. The largest absolute Gasteiger partial charge is 0.472 e. The Balaban J connectivity index is 0. The van der Waals surface area contributed by atoms with Crippen molar-refractivity contribution in [3.05, 3.63) is 0 Å². The molecule has 0 rings (SSSR count). The Labute approximate surface area is 84.6 Å². The molecule has 0 heterocycles. The summed E-state index contributed by atoms with van der Waals surface area (Å²) in [6.07, 6.45) is 0.722. The Hall–Kier alpha value is 0.0300. The van der Waals surface area contributed by atoms with Gasteiger partial charge in [0.1, 0.15) is 0 Å². The van der Waals surface area contributed by atoms with Crippen LogP contribution in [0, 0.1) is 0 Å². The maximum absolute atomic E-state index is 10.5. The van der Waals surface area contributed by atoms with Gasteiger partial charge in [-0.15, -0.1) is 0 Å². The second kappa shape index (κ2) is 11.1. The number of phosphoric ester groups is 1. The highest BCUT2D eigenvalue weighted by Crippen LogP contribution is 2.42. The highest BCUT2D eigenvalue weighted by Gasteiger charge is 2.17. The van der Waals surface area contributed by atoms with E-state index in [0.717, 1.165) is 6.42 Å². The number of rotatable bonds is 6. The first-order valence-electron chi connectivity index (χ1n) is 4.46. The smallest absolute Gasteiger partial charge is 0.396 e. The zero-order valence-corrected chi connectivity index (χ0v) is 9.57. The lowest BCUT2D eigenvalue weighted by Gasteiger charge is -2.07. The SMILES string of the molecule is CCOP(=O)(O)OCC.NCCCO. The Bertz CT molecular complexity index is 143. The first-order valence-corrected chi connectivity index (χ1v) is 5.96. The predicted octanol–water partition coefficient (Wildman–Crippen LogP) is 0.487. The third-order valence-electron chi connectivity index (χ3n) is 0.947. The molecule has 0 fully saturated rings. The van der Waals surface area contributed by atoms with Gasteiger partial charge in [0.05, 0.1) is 13.2 Å². The van der Waals surface area contributed by atoms with Gasteiger partial charge in [-0.2, -0.15) is 0 Å². The van der Waals surface area contributed by atoms with Crippen molar-refractivity contribution >= 4 is 7.82 Å². The minimum absolute atomic E-state index is 0.188. The minimum atomic E-state index is -3.69. The molecule has 0 aromatic heterocycles. The van der Waals surface area contributed by atoms with Crippen LogP contribution < -0.4 is 5.73 Å². The van der Waals surface area contributed by atoms with E-state index in [-0.39, 0.29) is 19.8 Å². The predicted molar refractivity (Wildman–Crippen MR) is 53.8 cm³/mol. The van der Waals surface area contributed by atoms with Crippen LogP contribution in [-0.2, 0) is 13.6 Å². The first kappa shape index (κ1) is 16.5. The fourth-order valence-electron chi connectivity index (χ4n) is 0.455. The number of hydrogen-bond acceptors (Lipinski definition) is 5. The van der Waals surface area contributed by atoms with E-state index in [1.807, 2.05) is 0 Å². The summed E-state index contributed by atoms with van der Waals surface area (Å²) in [5.74, 6) is 0. The maximum atomic E-state index is 10.5. The molecule has 0 atom stereocenters. The molecule has 4 N–H and O–H groups in total. The second-order valence-corrected chi connectivity index (χ2v) is 3.62. The summed E-state index contributed by atoms with van der Waals surface area (Å²) < 4.78 is 19.2. The van der Waals surface area contributed by atoms with Crippen molar-refractivity contribution in [3.8, 4) is 0 Å². The zero-order chi connectivity index (χ0) is 11.4. The van der Waals surface area contributed by atoms with Crippen molar-refractivity contribution in [1.29, 1.82) is 0 Å². The summed E-state index contributed by atoms with van der Waals surface area (Å²) in [6, 6.07) is 0. The molecule has 0 radical (unpaired) electrons. The van der Waals surface area contributed by atoms with Crippen LogP contribution in [0.1, 0.15) is 20.3 Å². The van der Waals surface area contributed by atoms with Crippen LogP contribution in [0.4, 0.5) is 0 Å². The summed E-state index contributed by atoms with van der Waals surface area (Å²) in [4.78, 5) is 8.63. The van der Waals surface area contributed by atoms with E-state index in [4.69, 9.17) is 15.7 Å². The highest BCUT2D eigenvalue weighted by molar-refractivity contribution is 7.47. The van der Waals surface area contributed by atoms with Crippen LogP contribution in [0.2, 0.25) is 0 Å². The topological polar surface area (TPSA) is 102 Å². The zero-order valence-electron chi connectivity index (χ0n) is 8.68. The molecule has 0 aliphatic heterocycles. The van der Waals surface area contributed by atoms with Gasteiger partial charge >= 0.3 is 7.82 Å². The minimum Gasteiger partial charge on any atom is -0.396 e. The number of aliphatic hydroxyl groups is 1. The number of hydrogen-bond donors (Lipinski definition) is 3. The average molecular weight is 229 g/mol. The lowest BCUT2D eigenvalue weighted by Crippen LogP contribution is -1.99. The van der Waals surface area contributed by atoms with Crippen LogP contribution in [0.25, 0.3) is 0 Å². The average Bonchev–Trinajstić information content (AvgIpc) is 2.06. The van der Waals surface area contributed by atoms with E-state index in [0.29, 0.717) is 6.54 Å². The van der Waals surface area contributed by atoms with E-state index in [1.54, 1.807) is 13.8 Å². The van der Waals surface area contributed by atoms with Gasteiger partial charge in [0.25, 0.3) is 0 Å². The molecule has 0 bridgehead atoms. The molecule has 0 saturated heterocycles. The first-order chi connectivity index (χ1) is 6.54. The Morgan fingerprint density at radius 1 is 1.29 bits per heavy atom. The van der Waals surface area contributed by atoms with Crippen LogP contribution in [-0.4, -0.2) is 36.4 Å². The van der Waals surface area contributed by atoms with Gasteiger partial charge in [0.15, 0.2) is 0 Å². The van der Waals surface area contributed by atoms with Crippen molar-refractivity contribution < 1.29 is 23.6 Å². The van der Waals surface area contributed by atoms with Gasteiger partial charge in [-0.1, -0.05) is 0 Å². The van der Waals surface area contributed by atoms with E-state index < -0.39 is 7.82 Å². The molecule has 0 saturated carbocycles. The van der Waals surface area contributed by atoms with E-state index in [1.165, 1.54) is 0 Å². The number of phosphoric acid groups is 1.